The lowest BCUT2D eigenvalue weighted by Gasteiger charge is -2.07. The summed E-state index contributed by atoms with van der Waals surface area (Å²) in [6, 6.07) is 6.94. The Morgan fingerprint density at radius 2 is 2.21 bits per heavy atom. The first-order valence-electron chi connectivity index (χ1n) is 7.59. The zero-order chi connectivity index (χ0) is 16.7. The summed E-state index contributed by atoms with van der Waals surface area (Å²) < 4.78 is 12.0. The van der Waals surface area contributed by atoms with Crippen LogP contribution in [-0.2, 0) is 5.75 Å². The van der Waals surface area contributed by atoms with E-state index in [0.717, 1.165) is 29.6 Å². The highest BCUT2D eigenvalue weighted by Crippen LogP contribution is 2.39. The SMILES string of the molecule is COc1ccc2c(CSc3nnc(C4CC4)n3N)cc(=O)oc2c1. The van der Waals surface area contributed by atoms with Gasteiger partial charge in [-0.15, -0.1) is 10.2 Å². The Kier molecular flexibility index (Phi) is 3.68. The Balaban J connectivity index is 1.63. The van der Waals surface area contributed by atoms with Gasteiger partial charge >= 0.3 is 5.63 Å². The van der Waals surface area contributed by atoms with Crippen molar-refractivity contribution in [1.82, 2.24) is 14.9 Å². The molecule has 3 aromatic rings. The van der Waals surface area contributed by atoms with Gasteiger partial charge in [-0.1, -0.05) is 11.8 Å². The number of hydrogen-bond acceptors (Lipinski definition) is 7. The van der Waals surface area contributed by atoms with E-state index in [-0.39, 0.29) is 5.63 Å². The quantitative estimate of drug-likeness (QED) is 0.431. The Labute approximate surface area is 141 Å². The number of hydrogen-bond donors (Lipinski definition) is 1. The van der Waals surface area contributed by atoms with E-state index in [4.69, 9.17) is 15.0 Å². The molecule has 1 aliphatic rings. The van der Waals surface area contributed by atoms with Gasteiger partial charge in [0.1, 0.15) is 11.3 Å². The molecule has 124 valence electrons. The normalized spacial score (nSPS) is 14.2. The third-order valence-corrected chi connectivity index (χ3v) is 5.02. The molecular formula is C16H16N4O3S. The summed E-state index contributed by atoms with van der Waals surface area (Å²) in [7, 11) is 1.57. The highest BCUT2D eigenvalue weighted by Gasteiger charge is 2.29. The zero-order valence-electron chi connectivity index (χ0n) is 13.1. The van der Waals surface area contributed by atoms with Crippen LogP contribution in [0.5, 0.6) is 5.75 Å². The molecule has 7 nitrogen and oxygen atoms in total. The Hall–Kier alpha value is -2.48. The molecule has 2 N–H and O–H groups in total. The number of rotatable bonds is 5. The van der Waals surface area contributed by atoms with Crippen molar-refractivity contribution in [2.45, 2.75) is 29.7 Å². The van der Waals surface area contributed by atoms with E-state index < -0.39 is 0 Å². The first-order chi connectivity index (χ1) is 11.7. The second-order valence-electron chi connectivity index (χ2n) is 5.73. The lowest BCUT2D eigenvalue weighted by Crippen LogP contribution is -2.13. The van der Waals surface area contributed by atoms with Crippen LogP contribution in [0.1, 0.15) is 30.1 Å². The molecule has 0 aliphatic heterocycles. The van der Waals surface area contributed by atoms with Gasteiger partial charge in [-0.25, -0.2) is 9.47 Å². The predicted molar refractivity (Wildman–Crippen MR) is 90.7 cm³/mol. The second kappa shape index (κ2) is 5.86. The lowest BCUT2D eigenvalue weighted by atomic mass is 10.1. The van der Waals surface area contributed by atoms with Crippen LogP contribution in [0.15, 0.2) is 38.6 Å². The maximum absolute atomic E-state index is 11.8. The van der Waals surface area contributed by atoms with E-state index in [2.05, 4.69) is 10.2 Å². The van der Waals surface area contributed by atoms with Crippen LogP contribution in [0.2, 0.25) is 0 Å². The van der Waals surface area contributed by atoms with Gasteiger partial charge in [0.05, 0.1) is 7.11 Å². The topological polar surface area (TPSA) is 96.2 Å². The predicted octanol–water partition coefficient (Wildman–Crippen LogP) is 2.28. The van der Waals surface area contributed by atoms with Crippen molar-refractivity contribution in [3.63, 3.8) is 0 Å². The molecule has 1 aliphatic carbocycles. The van der Waals surface area contributed by atoms with Crippen molar-refractivity contribution < 1.29 is 9.15 Å². The smallest absolute Gasteiger partial charge is 0.336 e. The van der Waals surface area contributed by atoms with Crippen molar-refractivity contribution in [3.8, 4) is 5.75 Å². The number of nitrogens with two attached hydrogens (primary N) is 1. The molecule has 24 heavy (non-hydrogen) atoms. The number of methoxy groups -OCH3 is 1. The number of aromatic nitrogens is 3. The minimum atomic E-state index is -0.390. The van der Waals surface area contributed by atoms with Gasteiger partial charge in [-0.05, 0) is 30.5 Å². The molecule has 2 aromatic heterocycles. The molecule has 1 aromatic carbocycles. The van der Waals surface area contributed by atoms with E-state index in [0.29, 0.717) is 28.2 Å². The van der Waals surface area contributed by atoms with Crippen molar-refractivity contribution in [1.29, 1.82) is 0 Å². The number of thioether (sulfide) groups is 1. The zero-order valence-corrected chi connectivity index (χ0v) is 13.9. The van der Waals surface area contributed by atoms with Crippen molar-refractivity contribution >= 4 is 22.7 Å². The molecule has 0 bridgehead atoms. The van der Waals surface area contributed by atoms with Crippen LogP contribution in [0, 0.1) is 0 Å². The molecule has 0 spiro atoms. The molecule has 8 heteroatoms. The first kappa shape index (κ1) is 15.1. The molecule has 0 atom stereocenters. The summed E-state index contributed by atoms with van der Waals surface area (Å²) >= 11 is 1.45. The molecule has 0 radical (unpaired) electrons. The fraction of sp³-hybridized carbons (Fsp3) is 0.312. The molecule has 0 saturated heterocycles. The first-order valence-corrected chi connectivity index (χ1v) is 8.58. The fourth-order valence-electron chi connectivity index (χ4n) is 2.61. The Bertz CT molecular complexity index is 962. The standard InChI is InChI=1S/C16H16N4O3S/c1-22-11-4-5-12-10(6-14(21)23-13(12)7-11)8-24-16-19-18-15(20(16)17)9-2-3-9/h4-7,9H,2-3,8,17H2,1H3. The summed E-state index contributed by atoms with van der Waals surface area (Å²) in [6.07, 6.45) is 2.23. The van der Waals surface area contributed by atoms with Crippen LogP contribution >= 0.6 is 11.8 Å². The molecular weight excluding hydrogens is 328 g/mol. The number of nitrogens with zero attached hydrogens (tertiary/aromatic N) is 3. The molecule has 0 unspecified atom stereocenters. The van der Waals surface area contributed by atoms with E-state index in [1.54, 1.807) is 17.9 Å². The maximum Gasteiger partial charge on any atom is 0.336 e. The molecule has 4 rings (SSSR count). The van der Waals surface area contributed by atoms with Gasteiger partial charge < -0.3 is 15.0 Å². The van der Waals surface area contributed by atoms with Crippen LogP contribution in [0.3, 0.4) is 0 Å². The molecule has 0 amide bonds. The molecule has 2 heterocycles. The fourth-order valence-corrected chi connectivity index (χ4v) is 3.46. The van der Waals surface area contributed by atoms with Crippen LogP contribution < -0.4 is 16.2 Å². The van der Waals surface area contributed by atoms with Gasteiger partial charge in [-0.2, -0.15) is 0 Å². The van der Waals surface area contributed by atoms with Gasteiger partial charge in [0.2, 0.25) is 5.16 Å². The molecule has 1 fully saturated rings. The van der Waals surface area contributed by atoms with Gasteiger partial charge in [0.15, 0.2) is 5.82 Å². The number of ether oxygens (including phenoxy) is 1. The average Bonchev–Trinajstić information content (AvgIpc) is 3.35. The number of benzene rings is 1. The Morgan fingerprint density at radius 3 is 2.96 bits per heavy atom. The maximum atomic E-state index is 11.8. The van der Waals surface area contributed by atoms with E-state index in [1.807, 2.05) is 12.1 Å². The monoisotopic (exact) mass is 344 g/mol. The minimum Gasteiger partial charge on any atom is -0.497 e. The highest BCUT2D eigenvalue weighted by atomic mass is 32.2. The van der Waals surface area contributed by atoms with Gasteiger partial charge in [0.25, 0.3) is 0 Å². The van der Waals surface area contributed by atoms with Crippen molar-refractivity contribution in [2.24, 2.45) is 0 Å². The van der Waals surface area contributed by atoms with Crippen LogP contribution in [-0.4, -0.2) is 22.0 Å². The minimum absolute atomic E-state index is 0.390. The second-order valence-corrected chi connectivity index (χ2v) is 6.67. The summed E-state index contributed by atoms with van der Waals surface area (Å²) in [5.74, 6) is 8.53. The van der Waals surface area contributed by atoms with Gasteiger partial charge in [-0.3, -0.25) is 0 Å². The average molecular weight is 344 g/mol. The summed E-state index contributed by atoms with van der Waals surface area (Å²) in [4.78, 5) is 11.8. The van der Waals surface area contributed by atoms with E-state index in [9.17, 15) is 4.79 Å². The summed E-state index contributed by atoms with van der Waals surface area (Å²) in [6.45, 7) is 0. The third-order valence-electron chi connectivity index (χ3n) is 4.03. The van der Waals surface area contributed by atoms with Crippen molar-refractivity contribution in [2.75, 3.05) is 13.0 Å². The van der Waals surface area contributed by atoms with E-state index >= 15 is 0 Å². The van der Waals surface area contributed by atoms with Crippen molar-refractivity contribution in [3.05, 3.63) is 46.1 Å². The molecule has 1 saturated carbocycles. The third kappa shape index (κ3) is 2.73. The van der Waals surface area contributed by atoms with Crippen LogP contribution in [0.25, 0.3) is 11.0 Å². The van der Waals surface area contributed by atoms with Crippen LogP contribution in [0.4, 0.5) is 0 Å². The number of nitrogen functional groups attached to an aromatic ring is 1. The Morgan fingerprint density at radius 1 is 1.38 bits per heavy atom. The summed E-state index contributed by atoms with van der Waals surface area (Å²) in [5, 5.41) is 9.83. The highest BCUT2D eigenvalue weighted by molar-refractivity contribution is 7.98. The summed E-state index contributed by atoms with van der Waals surface area (Å²) in [5.41, 5.74) is 0.981. The number of fused-ring (bicyclic) bond motifs is 1. The lowest BCUT2D eigenvalue weighted by molar-refractivity contribution is 0.414. The van der Waals surface area contributed by atoms with E-state index in [1.165, 1.54) is 17.8 Å². The largest absolute Gasteiger partial charge is 0.497 e. The van der Waals surface area contributed by atoms with Gasteiger partial charge in [0, 0.05) is 29.2 Å².